The molecule has 1 amide bonds. The van der Waals surface area contributed by atoms with E-state index in [4.69, 9.17) is 0 Å². The first-order chi connectivity index (χ1) is 13.4. The Bertz CT molecular complexity index is 1040. The highest BCUT2D eigenvalue weighted by molar-refractivity contribution is 7.87. The Kier molecular flexibility index (Phi) is 5.45. The highest BCUT2D eigenvalue weighted by atomic mass is 32.2. The molecule has 0 bridgehead atoms. The normalized spacial score (nSPS) is 22.4. The van der Waals surface area contributed by atoms with Crippen LogP contribution in [0.5, 0.6) is 0 Å². The Morgan fingerprint density at radius 1 is 1.28 bits per heavy atom. The number of amides is 1. The zero-order chi connectivity index (χ0) is 21.6. The van der Waals surface area contributed by atoms with Crippen LogP contribution in [-0.4, -0.2) is 41.5 Å². The van der Waals surface area contributed by atoms with Gasteiger partial charge in [-0.15, -0.1) is 0 Å². The molecule has 2 N–H and O–H groups in total. The number of anilines is 1. The maximum absolute atomic E-state index is 13.2. The van der Waals surface area contributed by atoms with Gasteiger partial charge < -0.3 is 5.32 Å². The van der Waals surface area contributed by atoms with Gasteiger partial charge in [0.25, 0.3) is 10.2 Å². The van der Waals surface area contributed by atoms with Crippen LogP contribution in [0.3, 0.4) is 0 Å². The largest absolute Gasteiger partial charge is 0.418 e. The summed E-state index contributed by atoms with van der Waals surface area (Å²) in [5, 5.41) is 6.41. The van der Waals surface area contributed by atoms with E-state index in [9.17, 15) is 26.4 Å². The second-order valence-corrected chi connectivity index (χ2v) is 8.58. The van der Waals surface area contributed by atoms with Crippen molar-refractivity contribution in [3.8, 4) is 0 Å². The monoisotopic (exact) mass is 431 g/mol. The minimum atomic E-state index is -4.66. The summed E-state index contributed by atoms with van der Waals surface area (Å²) >= 11 is 0. The number of para-hydroxylation sites is 1. The van der Waals surface area contributed by atoms with E-state index >= 15 is 0 Å². The molecule has 1 aromatic carbocycles. The first-order valence-corrected chi connectivity index (χ1v) is 10.1. The van der Waals surface area contributed by atoms with Crippen LogP contribution in [0.2, 0.25) is 0 Å². The molecule has 0 spiro atoms. The van der Waals surface area contributed by atoms with Gasteiger partial charge in [-0.1, -0.05) is 12.1 Å². The molecule has 1 saturated heterocycles. The Hall–Kier alpha value is -2.44. The SMILES string of the molecule is Cc1nn(C)cc1C1CC(C(=O)Nc2ccccc2C(F)(F)F)N(C)S(=O)(=O)N1. The number of rotatable bonds is 3. The Morgan fingerprint density at radius 2 is 1.93 bits per heavy atom. The number of likely N-dealkylation sites (N-methyl/N-ethyl adjacent to an activating group) is 1. The fraction of sp³-hybridized carbons (Fsp3) is 0.412. The molecule has 3 rings (SSSR count). The van der Waals surface area contributed by atoms with Gasteiger partial charge >= 0.3 is 6.18 Å². The van der Waals surface area contributed by atoms with Crippen molar-refractivity contribution in [1.82, 2.24) is 18.8 Å². The Labute approximate surface area is 165 Å². The minimum Gasteiger partial charge on any atom is -0.324 e. The smallest absolute Gasteiger partial charge is 0.324 e. The summed E-state index contributed by atoms with van der Waals surface area (Å²) in [6, 6.07) is 2.60. The van der Waals surface area contributed by atoms with Crippen molar-refractivity contribution in [2.45, 2.75) is 31.6 Å². The summed E-state index contributed by atoms with van der Waals surface area (Å²) in [6.07, 6.45) is -2.99. The van der Waals surface area contributed by atoms with Crippen LogP contribution in [0.25, 0.3) is 0 Å². The second-order valence-electron chi connectivity index (χ2n) is 6.82. The van der Waals surface area contributed by atoms with E-state index in [2.05, 4.69) is 15.1 Å². The average Bonchev–Trinajstić information content (AvgIpc) is 2.95. The van der Waals surface area contributed by atoms with Crippen LogP contribution < -0.4 is 10.0 Å². The molecule has 0 aliphatic carbocycles. The van der Waals surface area contributed by atoms with E-state index in [0.29, 0.717) is 11.3 Å². The molecule has 12 heteroatoms. The predicted molar refractivity (Wildman–Crippen MR) is 99.0 cm³/mol. The first-order valence-electron chi connectivity index (χ1n) is 8.62. The summed E-state index contributed by atoms with van der Waals surface area (Å²) in [5.74, 6) is -0.846. The van der Waals surface area contributed by atoms with E-state index in [1.807, 2.05) is 0 Å². The first kappa shape index (κ1) is 21.3. The van der Waals surface area contributed by atoms with Gasteiger partial charge in [-0.2, -0.15) is 35.7 Å². The maximum atomic E-state index is 13.2. The number of nitrogens with zero attached hydrogens (tertiary/aromatic N) is 3. The van der Waals surface area contributed by atoms with Crippen LogP contribution in [-0.2, 0) is 28.2 Å². The van der Waals surface area contributed by atoms with Crippen molar-refractivity contribution in [3.05, 3.63) is 47.3 Å². The van der Waals surface area contributed by atoms with E-state index in [1.165, 1.54) is 23.9 Å². The molecule has 1 aliphatic heterocycles. The summed E-state index contributed by atoms with van der Waals surface area (Å²) in [4.78, 5) is 12.8. The third kappa shape index (κ3) is 4.28. The van der Waals surface area contributed by atoms with Gasteiger partial charge in [-0.25, -0.2) is 0 Å². The highest BCUT2D eigenvalue weighted by Gasteiger charge is 2.42. The van der Waals surface area contributed by atoms with Crippen LogP contribution in [0.4, 0.5) is 18.9 Å². The fourth-order valence-corrected chi connectivity index (χ4v) is 4.59. The van der Waals surface area contributed by atoms with Gasteiger partial charge in [0.1, 0.15) is 6.04 Å². The topological polar surface area (TPSA) is 96.3 Å². The number of carbonyl (C=O) groups is 1. The zero-order valence-corrected chi connectivity index (χ0v) is 16.7. The summed E-state index contributed by atoms with van der Waals surface area (Å²) in [7, 11) is -1.15. The summed E-state index contributed by atoms with van der Waals surface area (Å²) in [5.41, 5.74) is -0.250. The van der Waals surface area contributed by atoms with Gasteiger partial charge in [0, 0.05) is 25.9 Å². The number of aryl methyl sites for hydroxylation is 2. The average molecular weight is 431 g/mol. The van der Waals surface area contributed by atoms with Crippen molar-refractivity contribution in [3.63, 3.8) is 0 Å². The lowest BCUT2D eigenvalue weighted by Gasteiger charge is -2.36. The number of hydrogen-bond donors (Lipinski definition) is 2. The zero-order valence-electron chi connectivity index (χ0n) is 15.9. The number of benzene rings is 1. The number of hydrogen-bond acceptors (Lipinski definition) is 4. The molecule has 29 heavy (non-hydrogen) atoms. The van der Waals surface area contributed by atoms with Gasteiger partial charge in [-0.05, 0) is 25.5 Å². The molecular formula is C17H20F3N5O3S. The number of nitrogens with one attached hydrogen (secondary N) is 2. The molecular weight excluding hydrogens is 411 g/mol. The van der Waals surface area contributed by atoms with E-state index in [0.717, 1.165) is 16.4 Å². The van der Waals surface area contributed by atoms with Gasteiger partial charge in [0.2, 0.25) is 5.91 Å². The lowest BCUT2D eigenvalue weighted by molar-refractivity contribution is -0.137. The predicted octanol–water partition coefficient (Wildman–Crippen LogP) is 1.97. The molecule has 2 atom stereocenters. The molecule has 0 saturated carbocycles. The minimum absolute atomic E-state index is 0.0300. The third-order valence-electron chi connectivity index (χ3n) is 4.79. The van der Waals surface area contributed by atoms with E-state index in [1.54, 1.807) is 20.2 Å². The second kappa shape index (κ2) is 7.43. The molecule has 158 valence electrons. The van der Waals surface area contributed by atoms with Crippen molar-refractivity contribution in [2.24, 2.45) is 7.05 Å². The Balaban J connectivity index is 1.91. The lowest BCUT2D eigenvalue weighted by Crippen LogP contribution is -2.56. The van der Waals surface area contributed by atoms with E-state index < -0.39 is 45.6 Å². The number of alkyl halides is 3. The van der Waals surface area contributed by atoms with Crippen molar-refractivity contribution >= 4 is 21.8 Å². The molecule has 0 radical (unpaired) electrons. The van der Waals surface area contributed by atoms with Crippen molar-refractivity contribution < 1.29 is 26.4 Å². The molecule has 8 nitrogen and oxygen atoms in total. The summed E-state index contributed by atoms with van der Waals surface area (Å²) < 4.78 is 69.4. The number of aromatic nitrogens is 2. The van der Waals surface area contributed by atoms with Gasteiger partial charge in [-0.3, -0.25) is 9.48 Å². The van der Waals surface area contributed by atoms with E-state index in [-0.39, 0.29) is 6.42 Å². The van der Waals surface area contributed by atoms with Gasteiger partial charge in [0.15, 0.2) is 0 Å². The van der Waals surface area contributed by atoms with Crippen LogP contribution in [0.1, 0.15) is 29.3 Å². The standard InChI is InChI=1S/C17H20F3N5O3S/c1-10-11(9-24(2)22-10)14-8-15(25(3)29(27,28)23-14)16(26)21-13-7-5-4-6-12(13)17(18,19)20/h4-7,9,14-15,23H,8H2,1-3H3,(H,21,26). The lowest BCUT2D eigenvalue weighted by atomic mass is 10.00. The molecule has 2 unspecified atom stereocenters. The fourth-order valence-electron chi connectivity index (χ4n) is 3.33. The maximum Gasteiger partial charge on any atom is 0.418 e. The quantitative estimate of drug-likeness (QED) is 0.777. The number of halogens is 3. The van der Waals surface area contributed by atoms with Crippen LogP contribution >= 0.6 is 0 Å². The summed E-state index contributed by atoms with van der Waals surface area (Å²) in [6.45, 7) is 1.70. The molecule has 1 aliphatic rings. The third-order valence-corrected chi connectivity index (χ3v) is 6.38. The number of carbonyl (C=O) groups excluding carboxylic acids is 1. The van der Waals surface area contributed by atoms with Crippen LogP contribution in [0.15, 0.2) is 30.5 Å². The van der Waals surface area contributed by atoms with Gasteiger partial charge in [0.05, 0.1) is 23.0 Å². The molecule has 1 fully saturated rings. The van der Waals surface area contributed by atoms with Crippen molar-refractivity contribution in [1.29, 1.82) is 0 Å². The van der Waals surface area contributed by atoms with Crippen LogP contribution in [0, 0.1) is 6.92 Å². The van der Waals surface area contributed by atoms with Crippen molar-refractivity contribution in [2.75, 3.05) is 12.4 Å². The Morgan fingerprint density at radius 3 is 2.52 bits per heavy atom. The highest BCUT2D eigenvalue weighted by Crippen LogP contribution is 2.35. The molecule has 1 aromatic heterocycles. The molecule has 2 heterocycles. The molecule has 2 aromatic rings.